The summed E-state index contributed by atoms with van der Waals surface area (Å²) in [6.45, 7) is 6.08. The zero-order valence-electron chi connectivity index (χ0n) is 14.8. The highest BCUT2D eigenvalue weighted by Crippen LogP contribution is 2.47. The number of hydrogen-bond acceptors (Lipinski definition) is 3. The molecule has 5 nitrogen and oxygen atoms in total. The molecule has 0 heterocycles. The average molecular weight is 349 g/mol. The van der Waals surface area contributed by atoms with Gasteiger partial charge in [0, 0.05) is 18.5 Å². The van der Waals surface area contributed by atoms with E-state index in [9.17, 15) is 14.0 Å². The maximum atomic E-state index is 14.2. The fraction of sp³-hybridized carbons (Fsp3) is 0.579. The number of benzene rings is 1. The van der Waals surface area contributed by atoms with Gasteiger partial charge in [0.05, 0.1) is 5.56 Å². The molecule has 0 spiro atoms. The Hall–Kier alpha value is -2.11. The van der Waals surface area contributed by atoms with Crippen molar-refractivity contribution in [3.8, 4) is 0 Å². The molecular formula is C19H24FNO4. The fourth-order valence-electron chi connectivity index (χ4n) is 3.07. The summed E-state index contributed by atoms with van der Waals surface area (Å²) in [4.78, 5) is 25.4. The minimum Gasteiger partial charge on any atom is -0.478 e. The third-order valence-corrected chi connectivity index (χ3v) is 4.58. The minimum atomic E-state index is -1.08. The smallest absolute Gasteiger partial charge is 0.410 e. The Kier molecular flexibility index (Phi) is 4.47. The first kappa shape index (κ1) is 17.7. The van der Waals surface area contributed by atoms with Crippen molar-refractivity contribution in [3.63, 3.8) is 0 Å². The highest BCUT2D eigenvalue weighted by Gasteiger charge is 2.48. The molecule has 2 fully saturated rings. The Morgan fingerprint density at radius 1 is 1.32 bits per heavy atom. The van der Waals surface area contributed by atoms with Crippen LogP contribution in [0.5, 0.6) is 0 Å². The molecule has 2 unspecified atom stereocenters. The summed E-state index contributed by atoms with van der Waals surface area (Å²) in [5.74, 6) is -1.19. The van der Waals surface area contributed by atoms with Crippen LogP contribution in [-0.4, -0.2) is 40.3 Å². The Labute approximate surface area is 146 Å². The molecule has 25 heavy (non-hydrogen) atoms. The average Bonchev–Trinajstić information content (AvgIpc) is 3.38. The molecule has 0 aromatic heterocycles. The minimum absolute atomic E-state index is 0.0630. The van der Waals surface area contributed by atoms with Crippen molar-refractivity contribution in [2.45, 2.75) is 57.6 Å². The van der Waals surface area contributed by atoms with Crippen LogP contribution in [0, 0.1) is 11.7 Å². The topological polar surface area (TPSA) is 66.8 Å². The highest BCUT2D eigenvalue weighted by atomic mass is 19.1. The normalized spacial score (nSPS) is 22.4. The lowest BCUT2D eigenvalue weighted by Gasteiger charge is -2.28. The number of hydrogen-bond donors (Lipinski definition) is 1. The van der Waals surface area contributed by atoms with Crippen LogP contribution in [0.3, 0.4) is 0 Å². The van der Waals surface area contributed by atoms with Gasteiger partial charge in [-0.3, -0.25) is 0 Å². The van der Waals surface area contributed by atoms with Gasteiger partial charge in [0.25, 0.3) is 0 Å². The Bertz CT molecular complexity index is 693. The number of carbonyl (C=O) groups is 2. The number of aromatic carboxylic acids is 1. The zero-order valence-corrected chi connectivity index (χ0v) is 14.8. The van der Waals surface area contributed by atoms with Crippen molar-refractivity contribution < 1.29 is 23.8 Å². The van der Waals surface area contributed by atoms with Gasteiger partial charge < -0.3 is 14.7 Å². The van der Waals surface area contributed by atoms with Gasteiger partial charge in [-0.2, -0.15) is 0 Å². The summed E-state index contributed by atoms with van der Waals surface area (Å²) in [5.41, 5.74) is -0.153. The number of carbonyl (C=O) groups excluding carboxylic acids is 1. The van der Waals surface area contributed by atoms with Crippen LogP contribution >= 0.6 is 0 Å². The first-order valence-electron chi connectivity index (χ1n) is 8.68. The molecule has 0 saturated heterocycles. The van der Waals surface area contributed by atoms with Gasteiger partial charge in [-0.15, -0.1) is 0 Å². The summed E-state index contributed by atoms with van der Waals surface area (Å²) >= 11 is 0. The van der Waals surface area contributed by atoms with Crippen molar-refractivity contribution >= 4 is 12.1 Å². The number of halogens is 1. The number of rotatable bonds is 5. The number of carboxylic acids is 1. The van der Waals surface area contributed by atoms with Crippen LogP contribution in [0.15, 0.2) is 18.2 Å². The molecule has 2 atom stereocenters. The third-order valence-electron chi connectivity index (χ3n) is 4.58. The quantitative estimate of drug-likeness (QED) is 0.872. The van der Waals surface area contributed by atoms with Gasteiger partial charge in [0.15, 0.2) is 0 Å². The van der Waals surface area contributed by atoms with E-state index in [-0.39, 0.29) is 23.6 Å². The van der Waals surface area contributed by atoms with E-state index in [1.54, 1.807) is 4.90 Å². The summed E-state index contributed by atoms with van der Waals surface area (Å²) < 4.78 is 19.7. The largest absolute Gasteiger partial charge is 0.478 e. The van der Waals surface area contributed by atoms with E-state index in [4.69, 9.17) is 9.84 Å². The Balaban J connectivity index is 1.77. The summed E-state index contributed by atoms with van der Waals surface area (Å²) in [7, 11) is 0. The van der Waals surface area contributed by atoms with E-state index < -0.39 is 17.4 Å². The first-order chi connectivity index (χ1) is 11.7. The van der Waals surface area contributed by atoms with Crippen LogP contribution < -0.4 is 0 Å². The van der Waals surface area contributed by atoms with Gasteiger partial charge in [-0.25, -0.2) is 14.0 Å². The van der Waals surface area contributed by atoms with E-state index in [1.165, 1.54) is 18.2 Å². The summed E-state index contributed by atoms with van der Waals surface area (Å²) in [6, 6.07) is 3.70. The van der Waals surface area contributed by atoms with E-state index in [0.29, 0.717) is 24.4 Å². The number of carboxylic acid groups (broad SMARTS) is 1. The second-order valence-electron chi connectivity index (χ2n) is 8.03. The molecule has 1 amide bonds. The molecule has 6 heteroatoms. The molecular weight excluding hydrogens is 325 g/mol. The lowest BCUT2D eigenvalue weighted by Crippen LogP contribution is -2.40. The lowest BCUT2D eigenvalue weighted by molar-refractivity contribution is 0.0220. The van der Waals surface area contributed by atoms with Crippen LogP contribution in [0.1, 0.15) is 61.9 Å². The van der Waals surface area contributed by atoms with Crippen molar-refractivity contribution in [2.75, 3.05) is 6.54 Å². The predicted molar refractivity (Wildman–Crippen MR) is 90.2 cm³/mol. The molecule has 0 bridgehead atoms. The van der Waals surface area contributed by atoms with Crippen LogP contribution in [0.25, 0.3) is 0 Å². The lowest BCUT2D eigenvalue weighted by atomic mass is 10.1. The van der Waals surface area contributed by atoms with Crippen molar-refractivity contribution in [1.82, 2.24) is 4.90 Å². The summed E-state index contributed by atoms with van der Waals surface area (Å²) in [5, 5.41) is 9.11. The van der Waals surface area contributed by atoms with Crippen LogP contribution in [0.4, 0.5) is 9.18 Å². The zero-order chi connectivity index (χ0) is 18.4. The summed E-state index contributed by atoms with van der Waals surface area (Å²) in [6.07, 6.45) is 2.45. The fourth-order valence-corrected chi connectivity index (χ4v) is 3.07. The molecule has 0 aliphatic heterocycles. The molecule has 136 valence electrons. The SMILES string of the molecule is CC(C)(C)OC(=O)N(CC1CC1)C1CC1c1cc(C(=O)O)ccc1F. The van der Waals surface area contributed by atoms with Crippen molar-refractivity contribution in [2.24, 2.45) is 5.92 Å². The molecule has 3 rings (SSSR count). The standard InChI is InChI=1S/C19H24FNO4/c1-19(2,3)25-18(24)21(10-11-4-5-11)16-9-14(16)13-8-12(17(22)23)6-7-15(13)20/h6-8,11,14,16H,4-5,9-10H2,1-3H3,(H,22,23). The second kappa shape index (κ2) is 6.32. The maximum Gasteiger partial charge on any atom is 0.410 e. The highest BCUT2D eigenvalue weighted by molar-refractivity contribution is 5.87. The van der Waals surface area contributed by atoms with Gasteiger partial charge in [0.2, 0.25) is 0 Å². The molecule has 0 radical (unpaired) electrons. The third kappa shape index (κ3) is 4.30. The van der Waals surface area contributed by atoms with Crippen LogP contribution in [-0.2, 0) is 4.74 Å². The molecule has 2 aliphatic carbocycles. The molecule has 1 aromatic rings. The first-order valence-corrected chi connectivity index (χ1v) is 8.68. The number of ether oxygens (including phenoxy) is 1. The molecule has 2 aliphatic rings. The van der Waals surface area contributed by atoms with Gasteiger partial charge in [0.1, 0.15) is 11.4 Å². The maximum absolute atomic E-state index is 14.2. The van der Waals surface area contributed by atoms with E-state index in [2.05, 4.69) is 0 Å². The van der Waals surface area contributed by atoms with Crippen molar-refractivity contribution in [3.05, 3.63) is 35.1 Å². The number of amides is 1. The van der Waals surface area contributed by atoms with Gasteiger partial charge in [-0.05, 0) is 69.7 Å². The van der Waals surface area contributed by atoms with Crippen LogP contribution in [0.2, 0.25) is 0 Å². The van der Waals surface area contributed by atoms with E-state index >= 15 is 0 Å². The molecule has 2 saturated carbocycles. The number of nitrogens with zero attached hydrogens (tertiary/aromatic N) is 1. The monoisotopic (exact) mass is 349 g/mol. The Morgan fingerprint density at radius 3 is 2.56 bits per heavy atom. The molecule has 1 N–H and O–H groups in total. The predicted octanol–water partition coefficient (Wildman–Crippen LogP) is 4.03. The van der Waals surface area contributed by atoms with E-state index in [1.807, 2.05) is 20.8 Å². The van der Waals surface area contributed by atoms with E-state index in [0.717, 1.165) is 12.8 Å². The van der Waals surface area contributed by atoms with Crippen molar-refractivity contribution in [1.29, 1.82) is 0 Å². The second-order valence-corrected chi connectivity index (χ2v) is 8.03. The molecule has 1 aromatic carbocycles. The van der Waals surface area contributed by atoms with Gasteiger partial charge in [-0.1, -0.05) is 0 Å². The van der Waals surface area contributed by atoms with Gasteiger partial charge >= 0.3 is 12.1 Å². The Morgan fingerprint density at radius 2 is 2.00 bits per heavy atom.